The Labute approximate surface area is 108 Å². The number of nitrogens with two attached hydrogens (primary N) is 1. The maximum Gasteiger partial charge on any atom is 0.276 e. The highest BCUT2D eigenvalue weighted by molar-refractivity contribution is 7.16. The third kappa shape index (κ3) is 3.13. The normalized spacial score (nSPS) is 9.39. The third-order valence-electron chi connectivity index (χ3n) is 1.94. The molecular formula is C12H10N4OS. The lowest BCUT2D eigenvalue weighted by molar-refractivity contribution is 0.102. The van der Waals surface area contributed by atoms with E-state index in [2.05, 4.69) is 27.1 Å². The van der Waals surface area contributed by atoms with Crippen molar-refractivity contribution in [3.05, 3.63) is 41.2 Å². The van der Waals surface area contributed by atoms with Crippen LogP contribution in [-0.2, 0) is 0 Å². The average Bonchev–Trinajstić information content (AvgIpc) is 2.85. The summed E-state index contributed by atoms with van der Waals surface area (Å²) < 4.78 is 0. The second kappa shape index (κ2) is 5.91. The Kier molecular flexibility index (Phi) is 4.02. The molecule has 0 radical (unpaired) electrons. The van der Waals surface area contributed by atoms with E-state index < -0.39 is 0 Å². The zero-order valence-corrected chi connectivity index (χ0v) is 10.2. The van der Waals surface area contributed by atoms with Crippen molar-refractivity contribution in [1.29, 1.82) is 0 Å². The SMILES string of the molecule is NCC#Cc1cnc(NC(=O)c2ccccn2)s1. The van der Waals surface area contributed by atoms with Crippen molar-refractivity contribution in [2.24, 2.45) is 5.73 Å². The van der Waals surface area contributed by atoms with Crippen molar-refractivity contribution in [2.75, 3.05) is 11.9 Å². The van der Waals surface area contributed by atoms with Crippen molar-refractivity contribution in [3.8, 4) is 11.8 Å². The van der Waals surface area contributed by atoms with Gasteiger partial charge in [0, 0.05) is 6.20 Å². The van der Waals surface area contributed by atoms with E-state index in [0.717, 1.165) is 4.88 Å². The first-order valence-electron chi connectivity index (χ1n) is 5.17. The second-order valence-corrected chi connectivity index (χ2v) is 4.24. The summed E-state index contributed by atoms with van der Waals surface area (Å²) in [5.41, 5.74) is 5.62. The van der Waals surface area contributed by atoms with E-state index in [4.69, 9.17) is 5.73 Å². The number of carbonyl (C=O) groups is 1. The fourth-order valence-electron chi connectivity index (χ4n) is 1.19. The number of hydrogen-bond donors (Lipinski definition) is 2. The summed E-state index contributed by atoms with van der Waals surface area (Å²) in [7, 11) is 0. The first-order valence-corrected chi connectivity index (χ1v) is 5.98. The molecule has 2 rings (SSSR count). The van der Waals surface area contributed by atoms with Crippen molar-refractivity contribution in [1.82, 2.24) is 9.97 Å². The largest absolute Gasteiger partial charge is 0.320 e. The van der Waals surface area contributed by atoms with Crippen LogP contribution in [0.3, 0.4) is 0 Å². The summed E-state index contributed by atoms with van der Waals surface area (Å²) in [6, 6.07) is 5.14. The summed E-state index contributed by atoms with van der Waals surface area (Å²) in [6.45, 7) is 0.299. The van der Waals surface area contributed by atoms with E-state index in [1.807, 2.05) is 0 Å². The van der Waals surface area contributed by atoms with E-state index >= 15 is 0 Å². The lowest BCUT2D eigenvalue weighted by atomic mass is 10.3. The van der Waals surface area contributed by atoms with Gasteiger partial charge in [0.25, 0.3) is 5.91 Å². The van der Waals surface area contributed by atoms with Crippen LogP contribution in [0.2, 0.25) is 0 Å². The standard InChI is InChI=1S/C12H10N4OS/c13-6-3-4-9-8-15-12(18-9)16-11(17)10-5-1-2-7-14-10/h1-2,5,7-8H,6,13H2,(H,15,16,17). The van der Waals surface area contributed by atoms with Crippen LogP contribution in [0.5, 0.6) is 0 Å². The fraction of sp³-hybridized carbons (Fsp3) is 0.0833. The highest BCUT2D eigenvalue weighted by atomic mass is 32.1. The number of nitrogens with zero attached hydrogens (tertiary/aromatic N) is 2. The summed E-state index contributed by atoms with van der Waals surface area (Å²) in [6.07, 6.45) is 3.16. The van der Waals surface area contributed by atoms with Gasteiger partial charge >= 0.3 is 0 Å². The molecule has 90 valence electrons. The van der Waals surface area contributed by atoms with Crippen LogP contribution in [0.15, 0.2) is 30.6 Å². The molecule has 0 aliphatic heterocycles. The molecule has 2 heterocycles. The summed E-state index contributed by atoms with van der Waals surface area (Å²) in [4.78, 5) is 20.5. The highest BCUT2D eigenvalue weighted by Gasteiger charge is 2.08. The van der Waals surface area contributed by atoms with Crippen molar-refractivity contribution in [3.63, 3.8) is 0 Å². The topological polar surface area (TPSA) is 80.9 Å². The molecule has 3 N–H and O–H groups in total. The Morgan fingerprint density at radius 1 is 1.44 bits per heavy atom. The van der Waals surface area contributed by atoms with Gasteiger partial charge in [-0.1, -0.05) is 29.2 Å². The molecule has 6 heteroatoms. The van der Waals surface area contributed by atoms with Gasteiger partial charge in [-0.15, -0.1) is 0 Å². The maximum atomic E-state index is 11.8. The maximum absolute atomic E-state index is 11.8. The number of amides is 1. The minimum Gasteiger partial charge on any atom is -0.320 e. The molecule has 0 saturated carbocycles. The highest BCUT2D eigenvalue weighted by Crippen LogP contribution is 2.17. The molecule has 0 aliphatic carbocycles. The quantitative estimate of drug-likeness (QED) is 0.790. The molecule has 5 nitrogen and oxygen atoms in total. The molecule has 0 aliphatic rings. The number of nitrogens with one attached hydrogen (secondary N) is 1. The Morgan fingerprint density at radius 3 is 3.06 bits per heavy atom. The van der Waals surface area contributed by atoms with Gasteiger partial charge in [-0.25, -0.2) is 4.98 Å². The number of anilines is 1. The molecule has 0 saturated heterocycles. The average molecular weight is 258 g/mol. The van der Waals surface area contributed by atoms with E-state index in [-0.39, 0.29) is 5.91 Å². The van der Waals surface area contributed by atoms with Crippen LogP contribution >= 0.6 is 11.3 Å². The van der Waals surface area contributed by atoms with Crippen LogP contribution in [0, 0.1) is 11.8 Å². The van der Waals surface area contributed by atoms with Crippen LogP contribution < -0.4 is 11.1 Å². The molecule has 0 fully saturated rings. The van der Waals surface area contributed by atoms with E-state index in [0.29, 0.717) is 17.4 Å². The molecular weight excluding hydrogens is 248 g/mol. The molecule has 0 unspecified atom stereocenters. The summed E-state index contributed by atoms with van der Waals surface area (Å²) >= 11 is 1.30. The number of pyridine rings is 1. The van der Waals surface area contributed by atoms with Crippen molar-refractivity contribution < 1.29 is 4.79 Å². The zero-order chi connectivity index (χ0) is 12.8. The fourth-order valence-corrected chi connectivity index (χ4v) is 1.87. The number of thiazole rings is 1. The third-order valence-corrected chi connectivity index (χ3v) is 2.77. The molecule has 0 atom stereocenters. The van der Waals surface area contributed by atoms with Gasteiger partial charge in [-0.3, -0.25) is 15.1 Å². The van der Waals surface area contributed by atoms with Crippen molar-refractivity contribution >= 4 is 22.4 Å². The first-order chi connectivity index (χ1) is 8.79. The molecule has 2 aromatic rings. The van der Waals surface area contributed by atoms with E-state index in [1.54, 1.807) is 30.6 Å². The molecule has 0 bridgehead atoms. The number of carbonyl (C=O) groups excluding carboxylic acids is 1. The lowest BCUT2D eigenvalue weighted by Crippen LogP contribution is -2.12. The van der Waals surface area contributed by atoms with Gasteiger partial charge in [-0.2, -0.15) is 0 Å². The van der Waals surface area contributed by atoms with Gasteiger partial charge in [0.05, 0.1) is 17.6 Å². The molecule has 18 heavy (non-hydrogen) atoms. The Balaban J connectivity index is 2.06. The van der Waals surface area contributed by atoms with Gasteiger partial charge in [0.15, 0.2) is 5.13 Å². The minimum atomic E-state index is -0.289. The number of hydrogen-bond acceptors (Lipinski definition) is 5. The summed E-state index contributed by atoms with van der Waals surface area (Å²) in [5.74, 6) is 5.29. The number of rotatable bonds is 2. The van der Waals surface area contributed by atoms with Gasteiger partial charge in [0.1, 0.15) is 5.69 Å². The van der Waals surface area contributed by atoms with Crippen LogP contribution in [0.25, 0.3) is 0 Å². The minimum absolute atomic E-state index is 0.289. The Bertz CT molecular complexity index is 597. The van der Waals surface area contributed by atoms with E-state index in [9.17, 15) is 4.79 Å². The molecule has 1 amide bonds. The van der Waals surface area contributed by atoms with Crippen LogP contribution in [0.4, 0.5) is 5.13 Å². The van der Waals surface area contributed by atoms with Gasteiger partial charge in [0.2, 0.25) is 0 Å². The Hall–Kier alpha value is -2.23. The van der Waals surface area contributed by atoms with Gasteiger partial charge < -0.3 is 5.73 Å². The van der Waals surface area contributed by atoms with Crippen LogP contribution in [0.1, 0.15) is 15.4 Å². The predicted octanol–water partition coefficient (Wildman–Crippen LogP) is 1.10. The zero-order valence-electron chi connectivity index (χ0n) is 9.38. The van der Waals surface area contributed by atoms with Crippen LogP contribution in [-0.4, -0.2) is 22.4 Å². The molecule has 0 aromatic carbocycles. The monoisotopic (exact) mass is 258 g/mol. The predicted molar refractivity (Wildman–Crippen MR) is 70.2 cm³/mol. The van der Waals surface area contributed by atoms with Crippen molar-refractivity contribution in [2.45, 2.75) is 0 Å². The van der Waals surface area contributed by atoms with E-state index in [1.165, 1.54) is 11.3 Å². The van der Waals surface area contributed by atoms with Gasteiger partial charge in [-0.05, 0) is 12.1 Å². The lowest BCUT2D eigenvalue weighted by Gasteiger charge is -1.99. The molecule has 0 spiro atoms. The second-order valence-electron chi connectivity index (χ2n) is 3.20. The first kappa shape index (κ1) is 12.2. The molecule has 2 aromatic heterocycles. The summed E-state index contributed by atoms with van der Waals surface area (Å²) in [5, 5.41) is 3.15. The Morgan fingerprint density at radius 2 is 2.33 bits per heavy atom. The smallest absolute Gasteiger partial charge is 0.276 e. The number of aromatic nitrogens is 2.